The predicted molar refractivity (Wildman–Crippen MR) is 71.0 cm³/mol. The average Bonchev–Trinajstić information content (AvgIpc) is 2.13. The molecular weight excluding hydrogens is 284 g/mol. The molecule has 1 aromatic heterocycles. The summed E-state index contributed by atoms with van der Waals surface area (Å²) in [6.07, 6.45) is 1.68. The van der Waals surface area contributed by atoms with Crippen LogP contribution in [0.4, 0.5) is 5.82 Å². The lowest BCUT2D eigenvalue weighted by molar-refractivity contribution is -0.152. The van der Waals surface area contributed by atoms with Crippen molar-refractivity contribution in [3.63, 3.8) is 0 Å². The maximum atomic E-state index is 11.5. The highest BCUT2D eigenvalue weighted by atomic mass is 79.9. The van der Waals surface area contributed by atoms with Crippen molar-refractivity contribution in [2.24, 2.45) is 0 Å². The molecule has 4 nitrogen and oxygen atoms in total. The van der Waals surface area contributed by atoms with Crippen molar-refractivity contribution in [1.29, 1.82) is 0 Å². The SMILES string of the molecule is Cc1cc(Br)cnc1NCC(=O)OC(C)(C)C. The van der Waals surface area contributed by atoms with Gasteiger partial charge in [0.05, 0.1) is 0 Å². The lowest BCUT2D eigenvalue weighted by atomic mass is 10.2. The Balaban J connectivity index is 2.53. The van der Waals surface area contributed by atoms with E-state index in [0.29, 0.717) is 5.82 Å². The van der Waals surface area contributed by atoms with Crippen LogP contribution in [0.5, 0.6) is 0 Å². The Morgan fingerprint density at radius 3 is 2.71 bits per heavy atom. The third-order valence-electron chi connectivity index (χ3n) is 1.87. The van der Waals surface area contributed by atoms with Crippen molar-refractivity contribution in [3.8, 4) is 0 Å². The molecule has 0 amide bonds. The molecule has 0 atom stereocenters. The second-order valence-electron chi connectivity index (χ2n) is 4.76. The molecule has 17 heavy (non-hydrogen) atoms. The van der Waals surface area contributed by atoms with Gasteiger partial charge < -0.3 is 10.1 Å². The number of nitrogens with one attached hydrogen (secondary N) is 1. The normalized spacial score (nSPS) is 11.1. The van der Waals surface area contributed by atoms with Crippen molar-refractivity contribution in [2.75, 3.05) is 11.9 Å². The van der Waals surface area contributed by atoms with Crippen molar-refractivity contribution in [2.45, 2.75) is 33.3 Å². The van der Waals surface area contributed by atoms with Gasteiger partial charge in [-0.2, -0.15) is 0 Å². The van der Waals surface area contributed by atoms with Gasteiger partial charge in [0.25, 0.3) is 0 Å². The summed E-state index contributed by atoms with van der Waals surface area (Å²) in [5.74, 6) is 0.403. The molecular formula is C12H17BrN2O2. The Morgan fingerprint density at radius 1 is 1.53 bits per heavy atom. The first-order chi connectivity index (χ1) is 7.78. The lowest BCUT2D eigenvalue weighted by Gasteiger charge is -2.19. The third kappa shape index (κ3) is 5.17. The van der Waals surface area contributed by atoms with Gasteiger partial charge in [0.1, 0.15) is 18.0 Å². The number of aromatic nitrogens is 1. The molecule has 0 spiro atoms. The standard InChI is InChI=1S/C12H17BrN2O2/c1-8-5-9(13)6-14-11(8)15-7-10(16)17-12(2,3)4/h5-6H,7H2,1-4H3,(H,14,15). The van der Waals surface area contributed by atoms with Gasteiger partial charge in [0.2, 0.25) is 0 Å². The Bertz CT molecular complexity index is 413. The first kappa shape index (κ1) is 14.0. The molecule has 0 saturated heterocycles. The highest BCUT2D eigenvalue weighted by Crippen LogP contribution is 2.16. The first-order valence-electron chi connectivity index (χ1n) is 5.36. The molecule has 94 valence electrons. The second kappa shape index (κ2) is 5.49. The monoisotopic (exact) mass is 300 g/mol. The fourth-order valence-corrected chi connectivity index (χ4v) is 1.70. The van der Waals surface area contributed by atoms with Gasteiger partial charge in [-0.25, -0.2) is 4.98 Å². The molecule has 0 bridgehead atoms. The van der Waals surface area contributed by atoms with Crippen LogP contribution in [0.25, 0.3) is 0 Å². The van der Waals surface area contributed by atoms with Gasteiger partial charge in [-0.3, -0.25) is 4.79 Å². The van der Waals surface area contributed by atoms with Gasteiger partial charge in [0.15, 0.2) is 0 Å². The number of esters is 1. The molecule has 0 radical (unpaired) electrons. The molecule has 0 aliphatic heterocycles. The van der Waals surface area contributed by atoms with Crippen molar-refractivity contribution >= 4 is 27.7 Å². The summed E-state index contributed by atoms with van der Waals surface area (Å²) in [5.41, 5.74) is 0.518. The fourth-order valence-electron chi connectivity index (χ4n) is 1.26. The predicted octanol–water partition coefficient (Wildman–Crippen LogP) is 2.91. The molecule has 0 saturated carbocycles. The van der Waals surface area contributed by atoms with Crippen molar-refractivity contribution in [1.82, 2.24) is 4.98 Å². The van der Waals surface area contributed by atoms with Crippen LogP contribution in [0.15, 0.2) is 16.7 Å². The summed E-state index contributed by atoms with van der Waals surface area (Å²) in [6.45, 7) is 7.57. The highest BCUT2D eigenvalue weighted by molar-refractivity contribution is 9.10. The topological polar surface area (TPSA) is 51.2 Å². The largest absolute Gasteiger partial charge is 0.459 e. The van der Waals surface area contributed by atoms with E-state index >= 15 is 0 Å². The van der Waals surface area contributed by atoms with Crippen molar-refractivity contribution < 1.29 is 9.53 Å². The number of rotatable bonds is 3. The van der Waals surface area contributed by atoms with Crippen LogP contribution < -0.4 is 5.32 Å². The smallest absolute Gasteiger partial charge is 0.325 e. The van der Waals surface area contributed by atoms with Gasteiger partial charge >= 0.3 is 5.97 Å². The number of nitrogens with zero attached hydrogens (tertiary/aromatic N) is 1. The van der Waals surface area contributed by atoms with Crippen LogP contribution in [0.3, 0.4) is 0 Å². The Labute approximate surface area is 110 Å². The number of hydrogen-bond acceptors (Lipinski definition) is 4. The fraction of sp³-hybridized carbons (Fsp3) is 0.500. The van der Waals surface area contributed by atoms with E-state index in [4.69, 9.17) is 4.74 Å². The van der Waals surface area contributed by atoms with E-state index in [-0.39, 0.29) is 12.5 Å². The van der Waals surface area contributed by atoms with E-state index in [9.17, 15) is 4.79 Å². The Kier molecular flexibility index (Phi) is 4.51. The number of carbonyl (C=O) groups excluding carboxylic acids is 1. The molecule has 0 fully saturated rings. The zero-order chi connectivity index (χ0) is 13.1. The van der Waals surface area contributed by atoms with Crippen LogP contribution in [0, 0.1) is 6.92 Å². The number of ether oxygens (including phenoxy) is 1. The Hall–Kier alpha value is -1.10. The highest BCUT2D eigenvalue weighted by Gasteiger charge is 2.16. The van der Waals surface area contributed by atoms with Gasteiger partial charge in [-0.1, -0.05) is 0 Å². The van der Waals surface area contributed by atoms with E-state index in [1.807, 2.05) is 33.8 Å². The quantitative estimate of drug-likeness (QED) is 0.872. The van der Waals surface area contributed by atoms with E-state index in [0.717, 1.165) is 10.0 Å². The van der Waals surface area contributed by atoms with Crippen LogP contribution in [-0.2, 0) is 9.53 Å². The van der Waals surface area contributed by atoms with E-state index in [1.165, 1.54) is 0 Å². The number of carbonyl (C=O) groups is 1. The molecule has 0 aliphatic carbocycles. The minimum atomic E-state index is -0.457. The molecule has 0 aliphatic rings. The summed E-state index contributed by atoms with van der Waals surface area (Å²) in [5, 5.41) is 2.96. The summed E-state index contributed by atoms with van der Waals surface area (Å²) in [4.78, 5) is 15.7. The zero-order valence-electron chi connectivity index (χ0n) is 10.5. The maximum absolute atomic E-state index is 11.5. The zero-order valence-corrected chi connectivity index (χ0v) is 12.1. The van der Waals surface area contributed by atoms with Crippen LogP contribution in [0.2, 0.25) is 0 Å². The third-order valence-corrected chi connectivity index (χ3v) is 2.30. The molecule has 1 N–H and O–H groups in total. The number of halogens is 1. The number of hydrogen-bond donors (Lipinski definition) is 1. The van der Waals surface area contributed by atoms with Crippen LogP contribution in [-0.4, -0.2) is 23.1 Å². The number of pyridine rings is 1. The molecule has 1 rings (SSSR count). The number of anilines is 1. The summed E-state index contributed by atoms with van der Waals surface area (Å²) < 4.78 is 6.10. The van der Waals surface area contributed by atoms with Crippen molar-refractivity contribution in [3.05, 3.63) is 22.3 Å². The molecule has 1 aromatic rings. The summed E-state index contributed by atoms with van der Waals surface area (Å²) in [6, 6.07) is 1.93. The van der Waals surface area contributed by atoms with E-state index in [1.54, 1.807) is 6.20 Å². The molecule has 0 unspecified atom stereocenters. The maximum Gasteiger partial charge on any atom is 0.325 e. The number of aryl methyl sites for hydroxylation is 1. The van der Waals surface area contributed by atoms with E-state index < -0.39 is 5.60 Å². The van der Waals surface area contributed by atoms with Crippen LogP contribution >= 0.6 is 15.9 Å². The average molecular weight is 301 g/mol. The molecule has 5 heteroatoms. The Morgan fingerprint density at radius 2 is 2.18 bits per heavy atom. The van der Waals surface area contributed by atoms with E-state index in [2.05, 4.69) is 26.2 Å². The minimum Gasteiger partial charge on any atom is -0.459 e. The first-order valence-corrected chi connectivity index (χ1v) is 6.15. The van der Waals surface area contributed by atoms with Gasteiger partial charge in [-0.05, 0) is 55.3 Å². The summed E-state index contributed by atoms with van der Waals surface area (Å²) in [7, 11) is 0. The van der Waals surface area contributed by atoms with Gasteiger partial charge in [-0.15, -0.1) is 0 Å². The summed E-state index contributed by atoms with van der Waals surface area (Å²) >= 11 is 3.33. The van der Waals surface area contributed by atoms with Gasteiger partial charge in [0, 0.05) is 10.7 Å². The molecule has 0 aromatic carbocycles. The second-order valence-corrected chi connectivity index (χ2v) is 5.67. The lowest BCUT2D eigenvalue weighted by Crippen LogP contribution is -2.28. The molecule has 1 heterocycles. The minimum absolute atomic E-state index is 0.118. The van der Waals surface area contributed by atoms with Crippen LogP contribution in [0.1, 0.15) is 26.3 Å².